The minimum Gasteiger partial charge on any atom is -0.445 e. The highest BCUT2D eigenvalue weighted by Gasteiger charge is 2.29. The molecule has 0 aliphatic carbocycles. The Kier molecular flexibility index (Phi) is 8.57. The lowest BCUT2D eigenvalue weighted by Gasteiger charge is -2.32. The van der Waals surface area contributed by atoms with Gasteiger partial charge in [-0.2, -0.15) is 0 Å². The Morgan fingerprint density at radius 2 is 1.70 bits per heavy atom. The topological polar surface area (TPSA) is 66.9 Å². The van der Waals surface area contributed by atoms with Crippen LogP contribution in [0, 0.1) is 5.92 Å². The molecule has 2 rings (SSSR count). The third-order valence-electron chi connectivity index (χ3n) is 4.86. The lowest BCUT2D eigenvalue weighted by Crippen LogP contribution is -2.42. The van der Waals surface area contributed by atoms with E-state index in [2.05, 4.69) is 0 Å². The minimum atomic E-state index is -3.23. The van der Waals surface area contributed by atoms with E-state index < -0.39 is 10.0 Å². The zero-order valence-electron chi connectivity index (χ0n) is 16.5. The van der Waals surface area contributed by atoms with Crippen molar-refractivity contribution in [3.8, 4) is 0 Å². The summed E-state index contributed by atoms with van der Waals surface area (Å²) in [6, 6.07) is 9.59. The van der Waals surface area contributed by atoms with Crippen LogP contribution < -0.4 is 0 Å². The number of hydrogen-bond acceptors (Lipinski definition) is 4. The van der Waals surface area contributed by atoms with Crippen molar-refractivity contribution in [2.45, 2.75) is 46.1 Å². The van der Waals surface area contributed by atoms with E-state index in [1.807, 2.05) is 44.2 Å². The molecule has 1 aliphatic heterocycles. The van der Waals surface area contributed by atoms with Gasteiger partial charge in [0.05, 0.1) is 5.75 Å². The molecule has 1 aliphatic rings. The van der Waals surface area contributed by atoms with Gasteiger partial charge in [0, 0.05) is 26.2 Å². The lowest BCUT2D eigenvalue weighted by molar-refractivity contribution is 0.0838. The molecule has 1 aromatic rings. The van der Waals surface area contributed by atoms with Crippen molar-refractivity contribution in [3.05, 3.63) is 35.9 Å². The first-order valence-electron chi connectivity index (χ1n) is 9.89. The number of benzene rings is 1. The monoisotopic (exact) mass is 396 g/mol. The fourth-order valence-corrected chi connectivity index (χ4v) is 5.45. The molecule has 1 heterocycles. The number of nitrogens with zero attached hydrogens (tertiary/aromatic N) is 2. The second kappa shape index (κ2) is 10.7. The van der Waals surface area contributed by atoms with Crippen LogP contribution in [0.1, 0.15) is 45.1 Å². The molecule has 0 aromatic heterocycles. The van der Waals surface area contributed by atoms with Gasteiger partial charge in [-0.3, -0.25) is 0 Å². The smallest absolute Gasteiger partial charge is 0.410 e. The van der Waals surface area contributed by atoms with Gasteiger partial charge in [0.25, 0.3) is 0 Å². The van der Waals surface area contributed by atoms with Crippen molar-refractivity contribution in [3.63, 3.8) is 0 Å². The van der Waals surface area contributed by atoms with Crippen LogP contribution in [0.5, 0.6) is 0 Å². The number of hydrogen-bond donors (Lipinski definition) is 0. The van der Waals surface area contributed by atoms with Crippen molar-refractivity contribution >= 4 is 16.1 Å². The van der Waals surface area contributed by atoms with Gasteiger partial charge in [-0.15, -0.1) is 0 Å². The molecule has 1 aromatic carbocycles. The van der Waals surface area contributed by atoms with E-state index in [0.717, 1.165) is 18.4 Å². The average molecular weight is 397 g/mol. The maximum absolute atomic E-state index is 12.7. The summed E-state index contributed by atoms with van der Waals surface area (Å²) in [7, 11) is -3.23. The molecule has 1 saturated heterocycles. The Morgan fingerprint density at radius 3 is 2.26 bits per heavy atom. The number of amides is 1. The summed E-state index contributed by atoms with van der Waals surface area (Å²) in [5.41, 5.74) is 0.957. The fourth-order valence-electron chi connectivity index (χ4n) is 3.38. The quantitative estimate of drug-likeness (QED) is 0.641. The van der Waals surface area contributed by atoms with Crippen LogP contribution in [0.3, 0.4) is 0 Å². The van der Waals surface area contributed by atoms with Crippen molar-refractivity contribution in [2.75, 3.05) is 31.9 Å². The maximum atomic E-state index is 12.7. The SMILES string of the molecule is CCCN(CCC)S(=O)(=O)CC1CCN(C(=O)OCc2ccccc2)CC1. The fraction of sp³-hybridized carbons (Fsp3) is 0.650. The second-order valence-electron chi connectivity index (χ2n) is 7.15. The van der Waals surface area contributed by atoms with Crippen LogP contribution in [-0.2, 0) is 21.4 Å². The second-order valence-corrected chi connectivity index (χ2v) is 9.16. The van der Waals surface area contributed by atoms with Gasteiger partial charge < -0.3 is 9.64 Å². The van der Waals surface area contributed by atoms with E-state index in [4.69, 9.17) is 4.74 Å². The molecule has 0 saturated carbocycles. The van der Waals surface area contributed by atoms with Crippen LogP contribution in [0.2, 0.25) is 0 Å². The van der Waals surface area contributed by atoms with Crippen LogP contribution in [-0.4, -0.2) is 55.6 Å². The Hall–Kier alpha value is -1.60. The first-order chi connectivity index (χ1) is 13.0. The molecule has 152 valence electrons. The van der Waals surface area contributed by atoms with Crippen LogP contribution >= 0.6 is 0 Å². The number of piperidine rings is 1. The van der Waals surface area contributed by atoms with Crippen molar-refractivity contribution in [2.24, 2.45) is 5.92 Å². The molecule has 0 unspecified atom stereocenters. The summed E-state index contributed by atoms with van der Waals surface area (Å²) in [6.07, 6.45) is 2.73. The summed E-state index contributed by atoms with van der Waals surface area (Å²) in [4.78, 5) is 13.9. The van der Waals surface area contributed by atoms with Gasteiger partial charge in [0.2, 0.25) is 10.0 Å². The van der Waals surface area contributed by atoms with Gasteiger partial charge >= 0.3 is 6.09 Å². The van der Waals surface area contributed by atoms with Crippen molar-refractivity contribution in [1.29, 1.82) is 0 Å². The molecule has 27 heavy (non-hydrogen) atoms. The highest BCUT2D eigenvalue weighted by atomic mass is 32.2. The number of rotatable bonds is 9. The molecule has 1 fully saturated rings. The van der Waals surface area contributed by atoms with Crippen LogP contribution in [0.15, 0.2) is 30.3 Å². The Balaban J connectivity index is 1.79. The summed E-state index contributed by atoms with van der Waals surface area (Å²) in [5, 5.41) is 0. The molecule has 0 N–H and O–H groups in total. The molecular weight excluding hydrogens is 364 g/mol. The molecule has 0 radical (unpaired) electrons. The average Bonchev–Trinajstić information content (AvgIpc) is 2.67. The molecule has 0 spiro atoms. The number of ether oxygens (including phenoxy) is 1. The third kappa shape index (κ3) is 6.81. The minimum absolute atomic E-state index is 0.101. The Labute approximate surface area is 163 Å². The summed E-state index contributed by atoms with van der Waals surface area (Å²) >= 11 is 0. The van der Waals surface area contributed by atoms with Crippen LogP contribution in [0.4, 0.5) is 4.79 Å². The number of carbonyl (C=O) groups excluding carboxylic acids is 1. The van der Waals surface area contributed by atoms with Gasteiger partial charge in [-0.1, -0.05) is 44.2 Å². The highest BCUT2D eigenvalue weighted by Crippen LogP contribution is 2.21. The zero-order valence-corrected chi connectivity index (χ0v) is 17.3. The van der Waals surface area contributed by atoms with E-state index in [-0.39, 0.29) is 24.4 Å². The van der Waals surface area contributed by atoms with Crippen molar-refractivity contribution < 1.29 is 17.9 Å². The van der Waals surface area contributed by atoms with Gasteiger partial charge in [0.15, 0.2) is 0 Å². The third-order valence-corrected chi connectivity index (χ3v) is 6.91. The van der Waals surface area contributed by atoms with Gasteiger partial charge in [-0.25, -0.2) is 17.5 Å². The van der Waals surface area contributed by atoms with Crippen LogP contribution in [0.25, 0.3) is 0 Å². The normalized spacial score (nSPS) is 15.9. The van der Waals surface area contributed by atoms with E-state index in [1.54, 1.807) is 9.21 Å². The summed E-state index contributed by atoms with van der Waals surface area (Å²) in [5.74, 6) is 0.282. The van der Waals surface area contributed by atoms with E-state index in [9.17, 15) is 13.2 Å². The predicted molar refractivity (Wildman–Crippen MR) is 107 cm³/mol. The molecule has 6 nitrogen and oxygen atoms in total. The van der Waals surface area contributed by atoms with Gasteiger partial charge in [-0.05, 0) is 37.2 Å². The van der Waals surface area contributed by atoms with E-state index in [0.29, 0.717) is 39.0 Å². The molecule has 0 atom stereocenters. The lowest BCUT2D eigenvalue weighted by atomic mass is 9.99. The van der Waals surface area contributed by atoms with Gasteiger partial charge in [0.1, 0.15) is 6.61 Å². The van der Waals surface area contributed by atoms with E-state index in [1.165, 1.54) is 0 Å². The highest BCUT2D eigenvalue weighted by molar-refractivity contribution is 7.89. The molecule has 1 amide bonds. The predicted octanol–water partition coefficient (Wildman–Crippen LogP) is 3.49. The summed E-state index contributed by atoms with van der Waals surface area (Å²) in [6.45, 7) is 6.53. The van der Waals surface area contributed by atoms with E-state index >= 15 is 0 Å². The first kappa shape index (κ1) is 21.7. The molecule has 0 bridgehead atoms. The number of sulfonamides is 1. The molecule has 7 heteroatoms. The first-order valence-corrected chi connectivity index (χ1v) is 11.5. The largest absolute Gasteiger partial charge is 0.445 e. The molecular formula is C20H32N2O4S. The summed E-state index contributed by atoms with van der Waals surface area (Å²) < 4.78 is 32.3. The Bertz CT molecular complexity index is 664. The zero-order chi connectivity index (χ0) is 19.7. The van der Waals surface area contributed by atoms with Crippen molar-refractivity contribution in [1.82, 2.24) is 9.21 Å². The Morgan fingerprint density at radius 1 is 1.11 bits per heavy atom. The number of likely N-dealkylation sites (tertiary alicyclic amines) is 1. The standard InChI is InChI=1S/C20H32N2O4S/c1-3-12-22(13-4-2)27(24,25)17-19-10-14-21(15-11-19)20(23)26-16-18-8-6-5-7-9-18/h5-9,19H,3-4,10-17H2,1-2H3. The maximum Gasteiger partial charge on any atom is 0.410 e. The number of carbonyl (C=O) groups is 1.